The predicted octanol–water partition coefficient (Wildman–Crippen LogP) is 3.98. The minimum atomic E-state index is -0.276. The van der Waals surface area contributed by atoms with Crippen molar-refractivity contribution in [3.05, 3.63) is 70.6 Å². The van der Waals surface area contributed by atoms with Crippen LogP contribution >= 0.6 is 11.6 Å². The molecule has 0 spiro atoms. The molecule has 0 saturated heterocycles. The van der Waals surface area contributed by atoms with E-state index in [1.165, 1.54) is 6.07 Å². The second kappa shape index (κ2) is 5.80. The molecule has 3 aromatic rings. The maximum Gasteiger partial charge on any atom is 0.148 e. The molecule has 0 bridgehead atoms. The summed E-state index contributed by atoms with van der Waals surface area (Å²) in [6, 6.07) is 14.3. The summed E-state index contributed by atoms with van der Waals surface area (Å²) in [6.07, 6.45) is 0.807. The Bertz CT molecular complexity index is 802. The van der Waals surface area contributed by atoms with Crippen LogP contribution in [0.3, 0.4) is 0 Å². The van der Waals surface area contributed by atoms with Gasteiger partial charge in [-0.1, -0.05) is 41.9 Å². The Labute approximate surface area is 138 Å². The van der Waals surface area contributed by atoms with Crippen LogP contribution in [-0.2, 0) is 13.0 Å². The van der Waals surface area contributed by atoms with Gasteiger partial charge < -0.3 is 5.32 Å². The topological polar surface area (TPSA) is 29.9 Å². The van der Waals surface area contributed by atoms with Crippen LogP contribution in [0.25, 0.3) is 16.9 Å². The Hall–Kier alpha value is -2.17. The second-order valence-electron chi connectivity index (χ2n) is 5.54. The standard InChI is InChI=1S/C18H15ClFN3/c19-14-6-2-1-5-12(14)18-13-11-21-10-9-16(13)23(22-18)17-8-4-3-7-15(17)20/h1-8,21H,9-11H2. The first-order valence-corrected chi connectivity index (χ1v) is 7.95. The molecule has 23 heavy (non-hydrogen) atoms. The average Bonchev–Trinajstić information content (AvgIpc) is 2.95. The van der Waals surface area contributed by atoms with Gasteiger partial charge in [0.15, 0.2) is 0 Å². The first-order chi connectivity index (χ1) is 11.3. The Morgan fingerprint density at radius 3 is 2.70 bits per heavy atom. The summed E-state index contributed by atoms with van der Waals surface area (Å²) in [6.45, 7) is 1.57. The van der Waals surface area contributed by atoms with E-state index in [1.807, 2.05) is 30.3 Å². The molecular weight excluding hydrogens is 313 g/mol. The van der Waals surface area contributed by atoms with Crippen molar-refractivity contribution in [3.8, 4) is 16.9 Å². The third-order valence-electron chi connectivity index (χ3n) is 4.14. The van der Waals surface area contributed by atoms with Crippen molar-refractivity contribution in [1.82, 2.24) is 15.1 Å². The lowest BCUT2D eigenvalue weighted by atomic mass is 10.0. The predicted molar refractivity (Wildman–Crippen MR) is 89.4 cm³/mol. The Morgan fingerprint density at radius 1 is 1.09 bits per heavy atom. The highest BCUT2D eigenvalue weighted by Crippen LogP contribution is 2.33. The van der Waals surface area contributed by atoms with Crippen LogP contribution in [-0.4, -0.2) is 16.3 Å². The van der Waals surface area contributed by atoms with Gasteiger partial charge in [-0.05, 0) is 18.2 Å². The van der Waals surface area contributed by atoms with E-state index >= 15 is 0 Å². The maximum atomic E-state index is 14.2. The zero-order valence-electron chi connectivity index (χ0n) is 12.4. The number of fused-ring (bicyclic) bond motifs is 1. The maximum absolute atomic E-state index is 14.2. The average molecular weight is 328 g/mol. The Morgan fingerprint density at radius 2 is 1.87 bits per heavy atom. The molecule has 0 saturated carbocycles. The molecule has 0 radical (unpaired) electrons. The molecule has 1 aliphatic heterocycles. The summed E-state index contributed by atoms with van der Waals surface area (Å²) in [5, 5.41) is 8.72. The number of nitrogens with one attached hydrogen (secondary N) is 1. The van der Waals surface area contributed by atoms with Crippen molar-refractivity contribution in [2.24, 2.45) is 0 Å². The number of hydrogen-bond donors (Lipinski definition) is 1. The highest BCUT2D eigenvalue weighted by Gasteiger charge is 2.24. The fourth-order valence-corrected chi connectivity index (χ4v) is 3.27. The van der Waals surface area contributed by atoms with E-state index in [-0.39, 0.29) is 5.82 Å². The molecule has 0 atom stereocenters. The lowest BCUT2D eigenvalue weighted by Crippen LogP contribution is -2.24. The van der Waals surface area contributed by atoms with Gasteiger partial charge in [0.1, 0.15) is 11.5 Å². The fraction of sp³-hybridized carbons (Fsp3) is 0.167. The van der Waals surface area contributed by atoms with Gasteiger partial charge in [-0.3, -0.25) is 0 Å². The molecule has 0 fully saturated rings. The second-order valence-corrected chi connectivity index (χ2v) is 5.95. The van der Waals surface area contributed by atoms with Gasteiger partial charge in [0.05, 0.1) is 16.4 Å². The normalized spacial score (nSPS) is 13.8. The van der Waals surface area contributed by atoms with Crippen molar-refractivity contribution < 1.29 is 4.39 Å². The number of halogens is 2. The van der Waals surface area contributed by atoms with Crippen molar-refractivity contribution >= 4 is 11.6 Å². The Balaban J connectivity index is 1.96. The lowest BCUT2D eigenvalue weighted by molar-refractivity contribution is 0.591. The van der Waals surface area contributed by atoms with Gasteiger partial charge in [0.2, 0.25) is 0 Å². The van der Waals surface area contributed by atoms with E-state index in [0.717, 1.165) is 35.5 Å². The summed E-state index contributed by atoms with van der Waals surface area (Å²) in [5.41, 5.74) is 4.31. The van der Waals surface area contributed by atoms with E-state index in [4.69, 9.17) is 16.7 Å². The van der Waals surface area contributed by atoms with Crippen molar-refractivity contribution in [1.29, 1.82) is 0 Å². The molecule has 1 aliphatic rings. The first-order valence-electron chi connectivity index (χ1n) is 7.57. The number of para-hydroxylation sites is 1. The van der Waals surface area contributed by atoms with Crippen molar-refractivity contribution in [2.75, 3.05) is 6.54 Å². The molecule has 0 aliphatic carbocycles. The summed E-state index contributed by atoms with van der Waals surface area (Å²) in [5.74, 6) is -0.276. The summed E-state index contributed by atoms with van der Waals surface area (Å²) in [4.78, 5) is 0. The zero-order chi connectivity index (χ0) is 15.8. The molecule has 2 aromatic carbocycles. The summed E-state index contributed by atoms with van der Waals surface area (Å²) >= 11 is 6.34. The van der Waals surface area contributed by atoms with Crippen LogP contribution in [0.4, 0.5) is 4.39 Å². The quantitative estimate of drug-likeness (QED) is 0.771. The lowest BCUT2D eigenvalue weighted by Gasteiger charge is -2.16. The molecule has 1 aromatic heterocycles. The van der Waals surface area contributed by atoms with E-state index < -0.39 is 0 Å². The van der Waals surface area contributed by atoms with Crippen LogP contribution in [0.1, 0.15) is 11.3 Å². The summed E-state index contributed by atoms with van der Waals surface area (Å²) < 4.78 is 16.0. The first kappa shape index (κ1) is 14.4. The number of rotatable bonds is 2. The van der Waals surface area contributed by atoms with Crippen LogP contribution in [0.5, 0.6) is 0 Å². The molecule has 0 unspecified atom stereocenters. The molecule has 3 nitrogen and oxygen atoms in total. The molecule has 116 valence electrons. The monoisotopic (exact) mass is 327 g/mol. The van der Waals surface area contributed by atoms with Gasteiger partial charge in [0, 0.05) is 30.6 Å². The minimum Gasteiger partial charge on any atom is -0.312 e. The number of nitrogens with zero attached hydrogens (tertiary/aromatic N) is 2. The summed E-state index contributed by atoms with van der Waals surface area (Å²) in [7, 11) is 0. The van der Waals surface area contributed by atoms with Gasteiger partial charge in [0.25, 0.3) is 0 Å². The van der Waals surface area contributed by atoms with E-state index in [2.05, 4.69) is 5.32 Å². The third-order valence-corrected chi connectivity index (χ3v) is 4.47. The smallest absolute Gasteiger partial charge is 0.148 e. The molecule has 5 heteroatoms. The van der Waals surface area contributed by atoms with Gasteiger partial charge >= 0.3 is 0 Å². The highest BCUT2D eigenvalue weighted by atomic mass is 35.5. The Kier molecular flexibility index (Phi) is 3.63. The van der Waals surface area contributed by atoms with Gasteiger partial charge in [-0.25, -0.2) is 9.07 Å². The number of benzene rings is 2. The van der Waals surface area contributed by atoms with Crippen molar-refractivity contribution in [2.45, 2.75) is 13.0 Å². The van der Waals surface area contributed by atoms with Crippen LogP contribution in [0, 0.1) is 5.82 Å². The molecule has 1 N–H and O–H groups in total. The molecule has 2 heterocycles. The van der Waals surface area contributed by atoms with Crippen LogP contribution in [0.15, 0.2) is 48.5 Å². The molecule has 4 rings (SSSR count). The van der Waals surface area contributed by atoms with Crippen molar-refractivity contribution in [3.63, 3.8) is 0 Å². The number of hydrogen-bond acceptors (Lipinski definition) is 2. The number of aromatic nitrogens is 2. The van der Waals surface area contributed by atoms with E-state index in [1.54, 1.807) is 16.8 Å². The fourth-order valence-electron chi connectivity index (χ4n) is 3.04. The van der Waals surface area contributed by atoms with Crippen LogP contribution < -0.4 is 5.32 Å². The molecule has 0 amide bonds. The third kappa shape index (κ3) is 2.44. The highest BCUT2D eigenvalue weighted by molar-refractivity contribution is 6.33. The largest absolute Gasteiger partial charge is 0.312 e. The minimum absolute atomic E-state index is 0.276. The van der Waals surface area contributed by atoms with Gasteiger partial charge in [-0.2, -0.15) is 5.10 Å². The van der Waals surface area contributed by atoms with Gasteiger partial charge in [-0.15, -0.1) is 0 Å². The zero-order valence-corrected chi connectivity index (χ0v) is 13.1. The van der Waals surface area contributed by atoms with E-state index in [9.17, 15) is 4.39 Å². The molecular formula is C18H15ClFN3. The van der Waals surface area contributed by atoms with E-state index in [0.29, 0.717) is 17.3 Å². The SMILES string of the molecule is Fc1ccccc1-n1nc(-c2ccccc2Cl)c2c1CCNC2. The van der Waals surface area contributed by atoms with Crippen LogP contribution in [0.2, 0.25) is 5.02 Å².